The molecule has 1 aromatic rings. The number of methoxy groups -OCH3 is 2. The Morgan fingerprint density at radius 1 is 1.29 bits per heavy atom. The van der Waals surface area contributed by atoms with Crippen molar-refractivity contribution >= 4 is 24.2 Å². The van der Waals surface area contributed by atoms with Crippen LogP contribution in [0.2, 0.25) is 0 Å². The number of nitrogens with two attached hydrogens (primary N) is 1. The van der Waals surface area contributed by atoms with Crippen LogP contribution in [0.5, 0.6) is 11.5 Å². The van der Waals surface area contributed by atoms with Crippen LogP contribution in [-0.4, -0.2) is 26.4 Å². The van der Waals surface area contributed by atoms with Gasteiger partial charge in [0, 0.05) is 0 Å². The standard InChI is InChI=1S/C12H19NO2S.ClH/c1-4-16-12-8-10(14-2)9(5-6-13)7-11(12)15-3;/h7-8H,4-6,13H2,1-3H3;1H/i2D3,3D3;. The quantitative estimate of drug-likeness (QED) is 0.816. The van der Waals surface area contributed by atoms with Crippen LogP contribution in [-0.2, 0) is 6.42 Å². The minimum absolute atomic E-state index is 0. The summed E-state index contributed by atoms with van der Waals surface area (Å²) in [6.45, 7) is 2.16. The molecule has 17 heavy (non-hydrogen) atoms. The Labute approximate surface area is 122 Å². The van der Waals surface area contributed by atoms with Crippen LogP contribution in [0.3, 0.4) is 0 Å². The second-order valence-electron chi connectivity index (χ2n) is 3.08. The molecule has 0 aliphatic rings. The summed E-state index contributed by atoms with van der Waals surface area (Å²) in [5.74, 6) is 1.01. The summed E-state index contributed by atoms with van der Waals surface area (Å²) >= 11 is 1.34. The van der Waals surface area contributed by atoms with E-state index in [1.807, 2.05) is 6.92 Å². The molecule has 3 nitrogen and oxygen atoms in total. The maximum absolute atomic E-state index is 7.22. The summed E-state index contributed by atoms with van der Waals surface area (Å²) < 4.78 is 53.3. The number of thioether (sulfide) groups is 1. The van der Waals surface area contributed by atoms with Gasteiger partial charge < -0.3 is 15.2 Å². The van der Waals surface area contributed by atoms with Crippen molar-refractivity contribution in [1.82, 2.24) is 0 Å². The molecule has 0 unspecified atom stereocenters. The van der Waals surface area contributed by atoms with E-state index in [0.29, 0.717) is 22.6 Å². The van der Waals surface area contributed by atoms with Crippen molar-refractivity contribution in [3.05, 3.63) is 17.7 Å². The fourth-order valence-corrected chi connectivity index (χ4v) is 2.12. The van der Waals surface area contributed by atoms with Crippen LogP contribution in [0, 0.1) is 0 Å². The third-order valence-electron chi connectivity index (χ3n) is 2.06. The van der Waals surface area contributed by atoms with Crippen LogP contribution in [0.4, 0.5) is 0 Å². The lowest BCUT2D eigenvalue weighted by Crippen LogP contribution is -2.05. The van der Waals surface area contributed by atoms with Crippen molar-refractivity contribution in [2.24, 2.45) is 5.73 Å². The van der Waals surface area contributed by atoms with Gasteiger partial charge in [-0.1, -0.05) is 6.92 Å². The van der Waals surface area contributed by atoms with Gasteiger partial charge in [0.1, 0.15) is 11.5 Å². The third kappa shape index (κ3) is 4.30. The lowest BCUT2D eigenvalue weighted by Gasteiger charge is -2.13. The third-order valence-corrected chi connectivity index (χ3v) is 2.98. The molecule has 0 aliphatic carbocycles. The van der Waals surface area contributed by atoms with E-state index >= 15 is 0 Å². The molecule has 0 saturated carbocycles. The van der Waals surface area contributed by atoms with Crippen molar-refractivity contribution in [3.8, 4) is 11.5 Å². The van der Waals surface area contributed by atoms with E-state index in [9.17, 15) is 0 Å². The fourth-order valence-electron chi connectivity index (χ4n) is 1.38. The topological polar surface area (TPSA) is 44.5 Å². The molecule has 0 amide bonds. The average molecular weight is 284 g/mol. The Morgan fingerprint density at radius 2 is 2.00 bits per heavy atom. The monoisotopic (exact) mass is 283 g/mol. The van der Waals surface area contributed by atoms with Gasteiger partial charge in [0.2, 0.25) is 0 Å². The number of hydrogen-bond donors (Lipinski definition) is 1. The van der Waals surface area contributed by atoms with E-state index in [2.05, 4.69) is 0 Å². The van der Waals surface area contributed by atoms with Crippen molar-refractivity contribution in [3.63, 3.8) is 0 Å². The Balaban J connectivity index is 0.00000484. The summed E-state index contributed by atoms with van der Waals surface area (Å²) in [6.07, 6.45) is 0.347. The van der Waals surface area contributed by atoms with Crippen molar-refractivity contribution in [2.75, 3.05) is 26.4 Å². The highest BCUT2D eigenvalue weighted by Crippen LogP contribution is 2.35. The van der Waals surface area contributed by atoms with E-state index in [-0.39, 0.29) is 30.5 Å². The van der Waals surface area contributed by atoms with Crippen LogP contribution >= 0.6 is 24.2 Å². The minimum Gasteiger partial charge on any atom is -0.496 e. The zero-order chi connectivity index (χ0) is 17.0. The molecule has 0 spiro atoms. The molecule has 0 aromatic heterocycles. The van der Waals surface area contributed by atoms with Crippen LogP contribution in [0.1, 0.15) is 20.7 Å². The van der Waals surface area contributed by atoms with E-state index in [1.165, 1.54) is 23.9 Å². The molecular weight excluding hydrogens is 258 g/mol. The largest absolute Gasteiger partial charge is 0.496 e. The van der Waals surface area contributed by atoms with Gasteiger partial charge in [-0.25, -0.2) is 0 Å². The first-order chi connectivity index (χ1) is 10.1. The SMILES string of the molecule is Cl.[2H]C([2H])([2H])Oc1cc(SCC)c(OC([2H])([2H])[2H])cc1CCN. The fraction of sp³-hybridized carbons (Fsp3) is 0.500. The molecule has 98 valence electrons. The Hall–Kier alpha value is -0.580. The molecule has 0 atom stereocenters. The first-order valence-corrected chi connectivity index (χ1v) is 5.92. The van der Waals surface area contributed by atoms with Crippen LogP contribution in [0.15, 0.2) is 17.0 Å². The Kier molecular flexibility index (Phi) is 4.26. The van der Waals surface area contributed by atoms with Gasteiger partial charge in [0.15, 0.2) is 0 Å². The second-order valence-corrected chi connectivity index (χ2v) is 4.39. The molecule has 5 heteroatoms. The number of halogens is 1. The second kappa shape index (κ2) is 8.50. The normalized spacial score (nSPS) is 16.4. The van der Waals surface area contributed by atoms with E-state index in [1.54, 1.807) is 0 Å². The molecule has 0 heterocycles. The molecule has 0 saturated heterocycles. The lowest BCUT2D eigenvalue weighted by atomic mass is 10.1. The van der Waals surface area contributed by atoms with Crippen molar-refractivity contribution < 1.29 is 17.7 Å². The molecule has 1 rings (SSSR count). The van der Waals surface area contributed by atoms with E-state index in [0.717, 1.165) is 0 Å². The van der Waals surface area contributed by atoms with Gasteiger partial charge in [0.05, 0.1) is 27.2 Å². The van der Waals surface area contributed by atoms with Gasteiger partial charge in [-0.05, 0) is 36.4 Å². The predicted octanol–water partition coefficient (Wildman–Crippen LogP) is 2.74. The first-order valence-electron chi connectivity index (χ1n) is 7.93. The van der Waals surface area contributed by atoms with Gasteiger partial charge in [0.25, 0.3) is 0 Å². The van der Waals surface area contributed by atoms with Crippen LogP contribution < -0.4 is 15.2 Å². The van der Waals surface area contributed by atoms with Gasteiger partial charge in [-0.2, -0.15) is 0 Å². The number of benzene rings is 1. The minimum atomic E-state index is -2.59. The summed E-state index contributed by atoms with van der Waals surface area (Å²) in [5, 5.41) is 0. The molecule has 0 bridgehead atoms. The molecule has 0 fully saturated rings. The van der Waals surface area contributed by atoms with Gasteiger partial charge in [-0.3, -0.25) is 0 Å². The van der Waals surface area contributed by atoms with Gasteiger partial charge >= 0.3 is 0 Å². The summed E-state index contributed by atoms with van der Waals surface area (Å²) in [6, 6.07) is 2.98. The maximum Gasteiger partial charge on any atom is 0.132 e. The number of rotatable bonds is 6. The highest BCUT2D eigenvalue weighted by Gasteiger charge is 2.10. The van der Waals surface area contributed by atoms with Crippen molar-refractivity contribution in [1.29, 1.82) is 0 Å². The number of hydrogen-bond acceptors (Lipinski definition) is 4. The molecule has 0 radical (unpaired) electrons. The summed E-state index contributed by atoms with van der Waals surface area (Å²) in [7, 11) is -5.18. The van der Waals surface area contributed by atoms with Crippen LogP contribution in [0.25, 0.3) is 0 Å². The smallest absolute Gasteiger partial charge is 0.132 e. The maximum atomic E-state index is 7.22. The highest BCUT2D eigenvalue weighted by molar-refractivity contribution is 7.99. The first kappa shape index (κ1) is 8.51. The van der Waals surface area contributed by atoms with E-state index in [4.69, 9.17) is 23.4 Å². The zero-order valence-corrected chi connectivity index (χ0v) is 11.1. The highest BCUT2D eigenvalue weighted by atomic mass is 35.5. The molecular formula is C12H20ClNO2S. The molecule has 0 aliphatic heterocycles. The zero-order valence-electron chi connectivity index (χ0n) is 15.5. The van der Waals surface area contributed by atoms with Crippen molar-refractivity contribution in [2.45, 2.75) is 18.2 Å². The summed E-state index contributed by atoms with van der Waals surface area (Å²) in [4.78, 5) is 0.513. The molecule has 2 N–H and O–H groups in total. The van der Waals surface area contributed by atoms with Gasteiger partial charge in [-0.15, -0.1) is 24.2 Å². The average Bonchev–Trinajstić information content (AvgIpc) is 2.31. The summed E-state index contributed by atoms with van der Waals surface area (Å²) in [5.41, 5.74) is 6.01. The number of ether oxygens (including phenoxy) is 2. The lowest BCUT2D eigenvalue weighted by molar-refractivity contribution is 0.390. The Morgan fingerprint density at radius 3 is 2.59 bits per heavy atom. The predicted molar refractivity (Wildman–Crippen MR) is 76.0 cm³/mol. The Bertz CT molecular complexity index is 464. The van der Waals surface area contributed by atoms with E-state index < -0.39 is 14.1 Å². The molecule has 1 aromatic carbocycles.